The first-order valence-electron chi connectivity index (χ1n) is 9.84. The van der Waals surface area contributed by atoms with Crippen LogP contribution in [0, 0.1) is 0 Å². The second kappa shape index (κ2) is 8.31. The number of benzene rings is 1. The predicted octanol–water partition coefficient (Wildman–Crippen LogP) is 2.26. The van der Waals surface area contributed by atoms with Crippen LogP contribution < -0.4 is 5.32 Å². The summed E-state index contributed by atoms with van der Waals surface area (Å²) in [6.07, 6.45) is 0.683. The average Bonchev–Trinajstić information content (AvgIpc) is 2.61. The van der Waals surface area contributed by atoms with Crippen LogP contribution in [0.3, 0.4) is 0 Å². The van der Waals surface area contributed by atoms with Crippen LogP contribution in [0.15, 0.2) is 24.3 Å². The maximum atomic E-state index is 12.2. The highest BCUT2D eigenvalue weighted by atomic mass is 16.6. The van der Waals surface area contributed by atoms with Crippen molar-refractivity contribution in [3.05, 3.63) is 35.4 Å². The molecule has 0 saturated carbocycles. The van der Waals surface area contributed by atoms with Gasteiger partial charge in [-0.2, -0.15) is 0 Å². The number of ether oxygens (including phenoxy) is 1. The maximum Gasteiger partial charge on any atom is 0.410 e. The normalized spacial score (nSPS) is 21.4. The summed E-state index contributed by atoms with van der Waals surface area (Å²) >= 11 is 0. The summed E-state index contributed by atoms with van der Waals surface area (Å²) in [4.78, 5) is 39.7. The van der Waals surface area contributed by atoms with E-state index in [1.165, 1.54) is 0 Å². The van der Waals surface area contributed by atoms with Gasteiger partial charge in [-0.05, 0) is 38.3 Å². The fourth-order valence-electron chi connectivity index (χ4n) is 3.59. The first-order valence-corrected chi connectivity index (χ1v) is 9.84. The number of carbonyl (C=O) groups is 3. The lowest BCUT2D eigenvalue weighted by molar-refractivity contribution is -0.134. The molecule has 1 unspecified atom stereocenters. The molecule has 0 radical (unpaired) electrons. The van der Waals surface area contributed by atoms with Gasteiger partial charge in [-0.1, -0.05) is 24.3 Å². The van der Waals surface area contributed by atoms with Crippen LogP contribution in [0.1, 0.15) is 50.7 Å². The number of hydrogen-bond donors (Lipinski definition) is 1. The molecule has 2 fully saturated rings. The summed E-state index contributed by atoms with van der Waals surface area (Å²) in [5.41, 5.74) is 1.60. The number of nitrogens with one attached hydrogen (secondary N) is 1. The number of hydrogen-bond acceptors (Lipinski definition) is 5. The Hall–Kier alpha value is -2.41. The van der Waals surface area contributed by atoms with E-state index in [1.54, 1.807) is 4.90 Å². The molecule has 28 heavy (non-hydrogen) atoms. The molecule has 0 bridgehead atoms. The molecule has 0 aliphatic carbocycles. The zero-order chi connectivity index (χ0) is 20.3. The highest BCUT2D eigenvalue weighted by molar-refractivity contribution is 6.00. The summed E-state index contributed by atoms with van der Waals surface area (Å²) in [6, 6.07) is 8.02. The van der Waals surface area contributed by atoms with Crippen molar-refractivity contribution in [2.45, 2.75) is 51.7 Å². The lowest BCUT2D eigenvalue weighted by Gasteiger charge is -2.35. The largest absolute Gasteiger partial charge is 0.444 e. The average molecular weight is 387 g/mol. The van der Waals surface area contributed by atoms with Crippen molar-refractivity contribution in [3.63, 3.8) is 0 Å². The van der Waals surface area contributed by atoms with Crippen molar-refractivity contribution in [2.75, 3.05) is 26.2 Å². The number of nitrogens with zero attached hydrogens (tertiary/aromatic N) is 2. The van der Waals surface area contributed by atoms with E-state index in [0.717, 1.165) is 30.8 Å². The van der Waals surface area contributed by atoms with E-state index >= 15 is 0 Å². The van der Waals surface area contributed by atoms with Crippen molar-refractivity contribution in [1.82, 2.24) is 15.1 Å². The predicted molar refractivity (Wildman–Crippen MR) is 105 cm³/mol. The highest BCUT2D eigenvalue weighted by Crippen LogP contribution is 2.26. The van der Waals surface area contributed by atoms with Crippen LogP contribution in [-0.4, -0.2) is 59.5 Å². The zero-order valence-corrected chi connectivity index (χ0v) is 16.9. The Labute approximate surface area is 166 Å². The molecule has 152 valence electrons. The minimum Gasteiger partial charge on any atom is -0.444 e. The Morgan fingerprint density at radius 2 is 1.89 bits per heavy atom. The second-order valence-corrected chi connectivity index (χ2v) is 8.49. The fourth-order valence-corrected chi connectivity index (χ4v) is 3.59. The molecule has 1 aromatic rings. The van der Waals surface area contributed by atoms with Gasteiger partial charge in [-0.3, -0.25) is 19.8 Å². The Morgan fingerprint density at radius 1 is 1.18 bits per heavy atom. The Kier molecular flexibility index (Phi) is 6.03. The van der Waals surface area contributed by atoms with E-state index in [0.29, 0.717) is 25.9 Å². The molecule has 2 aliphatic rings. The summed E-state index contributed by atoms with van der Waals surface area (Å²) < 4.78 is 5.44. The number of piperazine rings is 1. The van der Waals surface area contributed by atoms with Gasteiger partial charge in [0, 0.05) is 39.1 Å². The molecule has 1 aromatic carbocycles. The summed E-state index contributed by atoms with van der Waals surface area (Å²) in [5, 5.41) is 2.42. The van der Waals surface area contributed by atoms with Gasteiger partial charge < -0.3 is 9.64 Å². The molecule has 0 aromatic heterocycles. The maximum absolute atomic E-state index is 12.2. The molecule has 3 rings (SSSR count). The second-order valence-electron chi connectivity index (χ2n) is 8.49. The van der Waals surface area contributed by atoms with Gasteiger partial charge in [0.1, 0.15) is 5.60 Å². The van der Waals surface area contributed by atoms with E-state index in [1.807, 2.05) is 32.9 Å². The Balaban J connectivity index is 1.55. The fraction of sp³-hybridized carbons (Fsp3) is 0.571. The third-order valence-corrected chi connectivity index (χ3v) is 5.02. The van der Waals surface area contributed by atoms with Crippen LogP contribution in [0.2, 0.25) is 0 Å². The lowest BCUT2D eigenvalue weighted by Crippen LogP contribution is -2.49. The SMILES string of the molecule is CC(C)(C)OC(=O)N1CCN(Cc2cccc(C3CCC(=O)NC3=O)c2)CC1. The topological polar surface area (TPSA) is 79.0 Å². The third kappa shape index (κ3) is 5.32. The van der Waals surface area contributed by atoms with E-state index in [-0.39, 0.29) is 23.8 Å². The van der Waals surface area contributed by atoms with Crippen molar-refractivity contribution < 1.29 is 19.1 Å². The molecule has 2 heterocycles. The van der Waals surface area contributed by atoms with Gasteiger partial charge in [0.25, 0.3) is 0 Å². The van der Waals surface area contributed by atoms with E-state index in [4.69, 9.17) is 4.74 Å². The zero-order valence-electron chi connectivity index (χ0n) is 16.9. The molecule has 7 heteroatoms. The van der Waals surface area contributed by atoms with Crippen molar-refractivity contribution in [2.24, 2.45) is 0 Å². The highest BCUT2D eigenvalue weighted by Gasteiger charge is 2.29. The van der Waals surface area contributed by atoms with Crippen LogP contribution in [0.5, 0.6) is 0 Å². The standard InChI is InChI=1S/C21H29N3O4/c1-21(2,3)28-20(27)24-11-9-23(10-12-24)14-15-5-4-6-16(13-15)17-7-8-18(25)22-19(17)26/h4-6,13,17H,7-12,14H2,1-3H3,(H,22,25,26). The van der Waals surface area contributed by atoms with Crippen molar-refractivity contribution in [1.29, 1.82) is 0 Å². The quantitative estimate of drug-likeness (QED) is 0.805. The minimum atomic E-state index is -0.481. The molecule has 7 nitrogen and oxygen atoms in total. The minimum absolute atomic E-state index is 0.194. The van der Waals surface area contributed by atoms with E-state index in [9.17, 15) is 14.4 Å². The first kappa shape index (κ1) is 20.3. The van der Waals surface area contributed by atoms with E-state index in [2.05, 4.69) is 22.3 Å². The molecule has 2 aliphatic heterocycles. The molecular formula is C21H29N3O4. The number of rotatable bonds is 3. The summed E-state index contributed by atoms with van der Waals surface area (Å²) in [6.45, 7) is 9.22. The summed E-state index contributed by atoms with van der Waals surface area (Å²) in [5.74, 6) is -0.665. The molecule has 1 atom stereocenters. The van der Waals surface area contributed by atoms with Gasteiger partial charge in [-0.25, -0.2) is 4.79 Å². The van der Waals surface area contributed by atoms with Crippen LogP contribution in [-0.2, 0) is 20.9 Å². The van der Waals surface area contributed by atoms with Gasteiger partial charge in [-0.15, -0.1) is 0 Å². The van der Waals surface area contributed by atoms with Crippen molar-refractivity contribution >= 4 is 17.9 Å². The Morgan fingerprint density at radius 3 is 2.54 bits per heavy atom. The number of piperidine rings is 1. The third-order valence-electron chi connectivity index (χ3n) is 5.02. The van der Waals surface area contributed by atoms with Gasteiger partial charge in [0.15, 0.2) is 0 Å². The Bertz CT molecular complexity index is 748. The molecular weight excluding hydrogens is 358 g/mol. The molecule has 1 N–H and O–H groups in total. The van der Waals surface area contributed by atoms with Crippen LogP contribution in [0.4, 0.5) is 4.79 Å². The smallest absolute Gasteiger partial charge is 0.410 e. The van der Waals surface area contributed by atoms with Crippen LogP contribution in [0.25, 0.3) is 0 Å². The molecule has 0 spiro atoms. The number of imide groups is 1. The van der Waals surface area contributed by atoms with Gasteiger partial charge in [0.2, 0.25) is 11.8 Å². The van der Waals surface area contributed by atoms with Crippen LogP contribution >= 0.6 is 0 Å². The number of carbonyl (C=O) groups excluding carboxylic acids is 3. The lowest BCUT2D eigenvalue weighted by atomic mass is 9.89. The van der Waals surface area contributed by atoms with Crippen molar-refractivity contribution in [3.8, 4) is 0 Å². The van der Waals surface area contributed by atoms with Gasteiger partial charge >= 0.3 is 6.09 Å². The molecule has 2 saturated heterocycles. The number of amides is 3. The summed E-state index contributed by atoms with van der Waals surface area (Å²) in [7, 11) is 0. The molecule has 3 amide bonds. The van der Waals surface area contributed by atoms with Gasteiger partial charge in [0.05, 0.1) is 5.92 Å². The van der Waals surface area contributed by atoms with E-state index < -0.39 is 5.60 Å². The monoisotopic (exact) mass is 387 g/mol. The first-order chi connectivity index (χ1) is 13.2.